The van der Waals surface area contributed by atoms with Crippen molar-refractivity contribution >= 4 is 11.9 Å². The number of carboxylic acid groups (broad SMARTS) is 1. The SMILES string of the molecule is C#CC1CC(=O)N(C[C@H](O)C(=O)O)C1. The molecule has 14 heavy (non-hydrogen) atoms. The number of aliphatic carboxylic acids is 1. The molecule has 1 rings (SSSR count). The van der Waals surface area contributed by atoms with Crippen molar-refractivity contribution in [3.8, 4) is 12.3 Å². The van der Waals surface area contributed by atoms with Crippen LogP contribution in [0.1, 0.15) is 6.42 Å². The Kier molecular flexibility index (Phi) is 3.10. The van der Waals surface area contributed by atoms with Crippen molar-refractivity contribution in [3.63, 3.8) is 0 Å². The lowest BCUT2D eigenvalue weighted by molar-refractivity contribution is -0.148. The molecule has 76 valence electrons. The maximum Gasteiger partial charge on any atom is 0.334 e. The first kappa shape index (κ1) is 10.5. The molecule has 2 N–H and O–H groups in total. The van der Waals surface area contributed by atoms with Crippen LogP contribution in [0.15, 0.2) is 0 Å². The van der Waals surface area contributed by atoms with Crippen molar-refractivity contribution in [2.75, 3.05) is 13.1 Å². The van der Waals surface area contributed by atoms with E-state index in [0.717, 1.165) is 0 Å². The summed E-state index contributed by atoms with van der Waals surface area (Å²) >= 11 is 0. The Hall–Kier alpha value is -1.54. The molecule has 1 amide bonds. The van der Waals surface area contributed by atoms with Crippen LogP contribution in [0.3, 0.4) is 0 Å². The normalized spacial score (nSPS) is 23.3. The van der Waals surface area contributed by atoms with Crippen LogP contribution in [0, 0.1) is 18.3 Å². The van der Waals surface area contributed by atoms with Crippen molar-refractivity contribution < 1.29 is 19.8 Å². The number of amides is 1. The first-order valence-corrected chi connectivity index (χ1v) is 4.19. The summed E-state index contributed by atoms with van der Waals surface area (Å²) in [7, 11) is 0. The zero-order valence-electron chi connectivity index (χ0n) is 7.51. The first-order chi connectivity index (χ1) is 6.54. The van der Waals surface area contributed by atoms with Gasteiger partial charge in [-0.1, -0.05) is 0 Å². The molecule has 1 fully saturated rings. The maximum absolute atomic E-state index is 11.2. The number of β-amino-alcohol motifs (C(OH)–C–C–N with tert-alkyl or cyclic N) is 1. The summed E-state index contributed by atoms with van der Waals surface area (Å²) in [6.07, 6.45) is 3.85. The molecular weight excluding hydrogens is 186 g/mol. The van der Waals surface area contributed by atoms with E-state index in [0.29, 0.717) is 6.54 Å². The van der Waals surface area contributed by atoms with E-state index in [1.165, 1.54) is 4.90 Å². The standard InChI is InChI=1S/C9H11NO4/c1-2-6-3-8(12)10(4-6)5-7(11)9(13)14/h1,6-7,11H,3-5H2,(H,13,14)/t6?,7-/m0/s1. The fourth-order valence-electron chi connectivity index (χ4n) is 1.35. The summed E-state index contributed by atoms with van der Waals surface area (Å²) in [5.74, 6) is 0.740. The Bertz CT molecular complexity index is 294. The number of aliphatic hydroxyl groups is 1. The fraction of sp³-hybridized carbons (Fsp3) is 0.556. The number of carboxylic acids is 1. The van der Waals surface area contributed by atoms with E-state index in [9.17, 15) is 9.59 Å². The second-order valence-corrected chi connectivity index (χ2v) is 3.22. The van der Waals surface area contributed by atoms with Crippen LogP contribution in [0.25, 0.3) is 0 Å². The maximum atomic E-state index is 11.2. The summed E-state index contributed by atoms with van der Waals surface area (Å²) in [5.41, 5.74) is 0. The number of nitrogens with zero attached hydrogens (tertiary/aromatic N) is 1. The third kappa shape index (κ3) is 2.24. The number of hydrogen-bond acceptors (Lipinski definition) is 3. The Morgan fingerprint density at radius 2 is 2.43 bits per heavy atom. The Balaban J connectivity index is 2.51. The highest BCUT2D eigenvalue weighted by atomic mass is 16.4. The van der Waals surface area contributed by atoms with Crippen LogP contribution in [-0.4, -0.2) is 46.2 Å². The predicted octanol–water partition coefficient (Wildman–Crippen LogP) is -1.09. The molecule has 0 aliphatic carbocycles. The number of aliphatic hydroxyl groups excluding tert-OH is 1. The monoisotopic (exact) mass is 197 g/mol. The van der Waals surface area contributed by atoms with Crippen molar-refractivity contribution in [2.45, 2.75) is 12.5 Å². The molecule has 1 saturated heterocycles. The van der Waals surface area contributed by atoms with Crippen LogP contribution in [0.5, 0.6) is 0 Å². The molecule has 0 aromatic carbocycles. The van der Waals surface area contributed by atoms with Gasteiger partial charge in [-0.25, -0.2) is 4.79 Å². The molecule has 1 heterocycles. The topological polar surface area (TPSA) is 77.8 Å². The highest BCUT2D eigenvalue weighted by Crippen LogP contribution is 2.16. The molecule has 0 aromatic heterocycles. The molecule has 1 aliphatic heterocycles. The van der Waals surface area contributed by atoms with Gasteiger partial charge in [0.05, 0.1) is 6.54 Å². The Morgan fingerprint density at radius 1 is 1.79 bits per heavy atom. The molecule has 5 nitrogen and oxygen atoms in total. The van der Waals surface area contributed by atoms with Gasteiger partial charge in [-0.3, -0.25) is 4.79 Å². The molecule has 1 aliphatic rings. The van der Waals surface area contributed by atoms with E-state index in [2.05, 4.69) is 5.92 Å². The smallest absolute Gasteiger partial charge is 0.334 e. The van der Waals surface area contributed by atoms with Gasteiger partial charge in [0.1, 0.15) is 0 Å². The molecule has 0 aromatic rings. The quantitative estimate of drug-likeness (QED) is 0.564. The number of likely N-dealkylation sites (tertiary alicyclic amines) is 1. The van der Waals surface area contributed by atoms with Crippen molar-refractivity contribution in [3.05, 3.63) is 0 Å². The minimum absolute atomic E-state index is 0.163. The van der Waals surface area contributed by atoms with Gasteiger partial charge in [0.25, 0.3) is 0 Å². The lowest BCUT2D eigenvalue weighted by Crippen LogP contribution is -2.37. The second kappa shape index (κ2) is 4.11. The lowest BCUT2D eigenvalue weighted by Gasteiger charge is -2.17. The lowest BCUT2D eigenvalue weighted by atomic mass is 10.1. The van der Waals surface area contributed by atoms with E-state index < -0.39 is 12.1 Å². The average Bonchev–Trinajstić information content (AvgIpc) is 2.47. The third-order valence-electron chi connectivity index (χ3n) is 2.13. The van der Waals surface area contributed by atoms with Crippen LogP contribution >= 0.6 is 0 Å². The predicted molar refractivity (Wildman–Crippen MR) is 47.2 cm³/mol. The number of terminal acetylenes is 1. The van der Waals surface area contributed by atoms with Crippen LogP contribution in [0.4, 0.5) is 0 Å². The van der Waals surface area contributed by atoms with Gasteiger partial charge < -0.3 is 15.1 Å². The van der Waals surface area contributed by atoms with Crippen LogP contribution in [-0.2, 0) is 9.59 Å². The van der Waals surface area contributed by atoms with Crippen LogP contribution in [0.2, 0.25) is 0 Å². The minimum Gasteiger partial charge on any atom is -0.479 e. The summed E-state index contributed by atoms with van der Waals surface area (Å²) < 4.78 is 0. The van der Waals surface area contributed by atoms with Gasteiger partial charge >= 0.3 is 5.97 Å². The van der Waals surface area contributed by atoms with E-state index in [4.69, 9.17) is 16.6 Å². The third-order valence-corrected chi connectivity index (χ3v) is 2.13. The first-order valence-electron chi connectivity index (χ1n) is 4.19. The van der Waals surface area contributed by atoms with Gasteiger partial charge in [0.15, 0.2) is 6.10 Å². The molecule has 0 radical (unpaired) electrons. The largest absolute Gasteiger partial charge is 0.479 e. The zero-order valence-corrected chi connectivity index (χ0v) is 7.51. The van der Waals surface area contributed by atoms with Gasteiger partial charge in [-0.15, -0.1) is 12.3 Å². The second-order valence-electron chi connectivity index (χ2n) is 3.22. The molecule has 1 unspecified atom stereocenters. The zero-order chi connectivity index (χ0) is 10.7. The van der Waals surface area contributed by atoms with Gasteiger partial charge in [0.2, 0.25) is 5.91 Å². The summed E-state index contributed by atoms with van der Waals surface area (Å²) in [5, 5.41) is 17.4. The number of carbonyl (C=O) groups is 2. The average molecular weight is 197 g/mol. The molecule has 0 spiro atoms. The molecule has 0 bridgehead atoms. The summed E-state index contributed by atoms with van der Waals surface area (Å²) in [6.45, 7) is 0.145. The number of hydrogen-bond donors (Lipinski definition) is 2. The Labute approximate surface area is 81.3 Å². The van der Waals surface area contributed by atoms with Gasteiger partial charge in [-0.05, 0) is 0 Å². The molecule has 5 heteroatoms. The summed E-state index contributed by atoms with van der Waals surface area (Å²) in [4.78, 5) is 22.8. The fourth-order valence-corrected chi connectivity index (χ4v) is 1.35. The molecule has 2 atom stereocenters. The number of carbonyl (C=O) groups excluding carboxylic acids is 1. The minimum atomic E-state index is -1.53. The van der Waals surface area contributed by atoms with E-state index in [-0.39, 0.29) is 24.8 Å². The van der Waals surface area contributed by atoms with E-state index in [1.54, 1.807) is 0 Å². The van der Waals surface area contributed by atoms with Gasteiger partial charge in [-0.2, -0.15) is 0 Å². The summed E-state index contributed by atoms with van der Waals surface area (Å²) in [6, 6.07) is 0. The molecular formula is C9H11NO4. The molecule has 0 saturated carbocycles. The number of rotatable bonds is 3. The van der Waals surface area contributed by atoms with Crippen molar-refractivity contribution in [2.24, 2.45) is 5.92 Å². The highest BCUT2D eigenvalue weighted by Gasteiger charge is 2.30. The Morgan fingerprint density at radius 3 is 2.86 bits per heavy atom. The van der Waals surface area contributed by atoms with E-state index in [1.807, 2.05) is 0 Å². The highest BCUT2D eigenvalue weighted by molar-refractivity contribution is 5.80. The van der Waals surface area contributed by atoms with E-state index >= 15 is 0 Å². The van der Waals surface area contributed by atoms with Crippen molar-refractivity contribution in [1.82, 2.24) is 4.90 Å². The van der Waals surface area contributed by atoms with Crippen molar-refractivity contribution in [1.29, 1.82) is 0 Å². The van der Waals surface area contributed by atoms with Gasteiger partial charge in [0, 0.05) is 18.9 Å². The van der Waals surface area contributed by atoms with Crippen LogP contribution < -0.4 is 0 Å².